The van der Waals surface area contributed by atoms with Crippen molar-refractivity contribution in [3.63, 3.8) is 0 Å². The Morgan fingerprint density at radius 3 is 2.62 bits per heavy atom. The highest BCUT2D eigenvalue weighted by molar-refractivity contribution is 9.10. The van der Waals surface area contributed by atoms with Gasteiger partial charge >= 0.3 is 5.97 Å². The van der Waals surface area contributed by atoms with E-state index in [1.54, 1.807) is 0 Å². The van der Waals surface area contributed by atoms with Gasteiger partial charge in [-0.05, 0) is 34.1 Å². The Balaban J connectivity index is 2.57. The summed E-state index contributed by atoms with van der Waals surface area (Å²) in [6.07, 6.45) is 0. The highest BCUT2D eigenvalue weighted by Crippen LogP contribution is 2.34. The number of carbonyl (C=O) groups excluding carboxylic acids is 1. The monoisotopic (exact) mass is 429 g/mol. The maximum Gasteiger partial charge on any atom is 0.350 e. The topological polar surface area (TPSA) is 73.3 Å². The molecule has 2 aromatic rings. The quantitative estimate of drug-likeness (QED) is 0.691. The van der Waals surface area contributed by atoms with Crippen LogP contribution in [-0.2, 0) is 14.6 Å². The summed E-state index contributed by atoms with van der Waals surface area (Å²) in [6.45, 7) is 0. The van der Waals surface area contributed by atoms with Crippen LogP contribution in [0.25, 0.3) is 0 Å². The smallest absolute Gasteiger partial charge is 0.350 e. The normalized spacial score (nSPS) is 11.4. The molecule has 21 heavy (non-hydrogen) atoms. The van der Waals surface area contributed by atoms with Crippen molar-refractivity contribution < 1.29 is 17.9 Å². The predicted molar refractivity (Wildman–Crippen MR) is 83.1 cm³/mol. The molecule has 0 bridgehead atoms. The SMILES string of the molecule is COC(=O)c1sc(S(=O)(=O)c2ccc(Cl)cc2Cl)nc1Br. The molecular formula is C11H6BrCl2NO4S2. The van der Waals surface area contributed by atoms with Gasteiger partial charge in [0.2, 0.25) is 14.2 Å². The molecule has 1 aromatic heterocycles. The molecule has 0 aliphatic rings. The number of aromatic nitrogens is 1. The standard InChI is InChI=1S/C11H6BrCl2NO4S2/c1-19-10(16)8-9(12)15-11(20-8)21(17,18)7-3-2-5(13)4-6(7)14/h2-4H,1H3. The molecule has 1 heterocycles. The molecule has 0 atom stereocenters. The highest BCUT2D eigenvalue weighted by Gasteiger charge is 2.28. The Kier molecular flexibility index (Phi) is 4.94. The maximum atomic E-state index is 12.5. The van der Waals surface area contributed by atoms with E-state index in [0.717, 1.165) is 0 Å². The second-order valence-corrected chi connectivity index (χ2v) is 8.36. The van der Waals surface area contributed by atoms with Crippen LogP contribution in [0.2, 0.25) is 10.0 Å². The fraction of sp³-hybridized carbons (Fsp3) is 0.0909. The van der Waals surface area contributed by atoms with Gasteiger partial charge in [-0.15, -0.1) is 0 Å². The molecule has 10 heteroatoms. The number of sulfone groups is 1. The van der Waals surface area contributed by atoms with Crippen molar-refractivity contribution in [2.24, 2.45) is 0 Å². The van der Waals surface area contributed by atoms with Crippen LogP contribution in [0, 0.1) is 0 Å². The first-order valence-corrected chi connectivity index (χ1v) is 9.07. The molecule has 0 aliphatic carbocycles. The molecule has 0 spiro atoms. The number of halogens is 3. The van der Waals surface area contributed by atoms with Crippen LogP contribution < -0.4 is 0 Å². The number of nitrogens with zero attached hydrogens (tertiary/aromatic N) is 1. The van der Waals surface area contributed by atoms with E-state index in [0.29, 0.717) is 16.4 Å². The number of thiazole rings is 1. The Labute approximate surface area is 142 Å². The summed E-state index contributed by atoms with van der Waals surface area (Å²) in [5, 5.41) is 0.294. The van der Waals surface area contributed by atoms with Crippen molar-refractivity contribution in [3.05, 3.63) is 37.7 Å². The van der Waals surface area contributed by atoms with Gasteiger partial charge in [0.1, 0.15) is 9.48 Å². The lowest BCUT2D eigenvalue weighted by Gasteiger charge is -2.03. The summed E-state index contributed by atoms with van der Waals surface area (Å²) in [7, 11) is -2.76. The lowest BCUT2D eigenvalue weighted by atomic mass is 10.4. The number of methoxy groups -OCH3 is 1. The number of ether oxygens (including phenoxy) is 1. The molecule has 0 radical (unpaired) electrons. The lowest BCUT2D eigenvalue weighted by molar-refractivity contribution is 0.0605. The summed E-state index contributed by atoms with van der Waals surface area (Å²) < 4.78 is 29.4. The van der Waals surface area contributed by atoms with Crippen molar-refractivity contribution in [2.45, 2.75) is 9.24 Å². The van der Waals surface area contributed by atoms with Crippen molar-refractivity contribution in [1.29, 1.82) is 0 Å². The number of esters is 1. The fourth-order valence-corrected chi connectivity index (χ4v) is 5.46. The average molecular weight is 431 g/mol. The molecule has 112 valence electrons. The van der Waals surface area contributed by atoms with Crippen LogP contribution in [0.5, 0.6) is 0 Å². The molecule has 5 nitrogen and oxygen atoms in total. The van der Waals surface area contributed by atoms with Crippen LogP contribution >= 0.6 is 50.5 Å². The van der Waals surface area contributed by atoms with Crippen LogP contribution in [0.3, 0.4) is 0 Å². The van der Waals surface area contributed by atoms with E-state index >= 15 is 0 Å². The minimum Gasteiger partial charge on any atom is -0.465 e. The predicted octanol–water partition coefficient (Wildman–Crippen LogP) is 3.83. The van der Waals surface area contributed by atoms with Gasteiger partial charge in [0.15, 0.2) is 0 Å². The third-order valence-electron chi connectivity index (χ3n) is 2.35. The summed E-state index contributed by atoms with van der Waals surface area (Å²) in [4.78, 5) is 15.3. The van der Waals surface area contributed by atoms with Gasteiger partial charge in [-0.1, -0.05) is 34.5 Å². The molecule has 0 amide bonds. The molecule has 0 aliphatic heterocycles. The van der Waals surface area contributed by atoms with Crippen molar-refractivity contribution in [3.8, 4) is 0 Å². The molecule has 0 unspecified atom stereocenters. The first-order chi connectivity index (χ1) is 9.77. The van der Waals surface area contributed by atoms with Gasteiger partial charge in [-0.2, -0.15) is 0 Å². The Hall–Kier alpha value is -0.670. The summed E-state index contributed by atoms with van der Waals surface area (Å²) in [5.74, 6) is -0.678. The van der Waals surface area contributed by atoms with E-state index in [4.69, 9.17) is 23.2 Å². The summed E-state index contributed by atoms with van der Waals surface area (Å²) in [5.41, 5.74) is 0. The average Bonchev–Trinajstić information content (AvgIpc) is 2.80. The molecule has 0 saturated heterocycles. The zero-order valence-electron chi connectivity index (χ0n) is 10.3. The summed E-state index contributed by atoms with van der Waals surface area (Å²) in [6, 6.07) is 4.01. The minimum atomic E-state index is -3.95. The van der Waals surface area contributed by atoms with Gasteiger partial charge in [0.25, 0.3) is 0 Å². The van der Waals surface area contributed by atoms with Gasteiger partial charge in [-0.3, -0.25) is 0 Å². The fourth-order valence-electron chi connectivity index (χ4n) is 1.40. The third kappa shape index (κ3) is 3.24. The van der Waals surface area contributed by atoms with Crippen LogP contribution in [0.15, 0.2) is 32.0 Å². The van der Waals surface area contributed by atoms with E-state index < -0.39 is 15.8 Å². The van der Waals surface area contributed by atoms with E-state index in [9.17, 15) is 13.2 Å². The second kappa shape index (κ2) is 6.21. The van der Waals surface area contributed by atoms with E-state index in [-0.39, 0.29) is 23.7 Å². The first kappa shape index (κ1) is 16.7. The number of carbonyl (C=O) groups is 1. The number of hydrogen-bond donors (Lipinski definition) is 0. The van der Waals surface area contributed by atoms with Gasteiger partial charge in [0, 0.05) is 5.02 Å². The van der Waals surface area contributed by atoms with Crippen molar-refractivity contribution >= 4 is 66.3 Å². The van der Waals surface area contributed by atoms with Crippen LogP contribution in [0.1, 0.15) is 9.67 Å². The molecule has 0 saturated carbocycles. The molecule has 0 N–H and O–H groups in total. The molecular weight excluding hydrogens is 425 g/mol. The Morgan fingerprint density at radius 2 is 2.05 bits per heavy atom. The third-order valence-corrected chi connectivity index (χ3v) is 7.07. The zero-order valence-corrected chi connectivity index (χ0v) is 15.0. The first-order valence-electron chi connectivity index (χ1n) is 5.22. The number of hydrogen-bond acceptors (Lipinski definition) is 6. The zero-order chi connectivity index (χ0) is 15.8. The molecule has 1 aromatic carbocycles. The molecule has 0 fully saturated rings. The largest absolute Gasteiger partial charge is 0.465 e. The Morgan fingerprint density at radius 1 is 1.38 bits per heavy atom. The Bertz CT molecular complexity index is 820. The van der Waals surface area contributed by atoms with Crippen molar-refractivity contribution in [1.82, 2.24) is 4.98 Å². The summed E-state index contributed by atoms with van der Waals surface area (Å²) >= 11 is 15.4. The van der Waals surface area contributed by atoms with E-state index in [1.807, 2.05) is 0 Å². The second-order valence-electron chi connectivity index (χ2n) is 3.67. The minimum absolute atomic E-state index is 0.0200. The van der Waals surface area contributed by atoms with E-state index in [1.165, 1.54) is 25.3 Å². The van der Waals surface area contributed by atoms with Crippen LogP contribution in [-0.4, -0.2) is 26.5 Å². The van der Waals surface area contributed by atoms with E-state index in [2.05, 4.69) is 25.7 Å². The van der Waals surface area contributed by atoms with Gasteiger partial charge in [-0.25, -0.2) is 18.2 Å². The van der Waals surface area contributed by atoms with Gasteiger partial charge < -0.3 is 4.74 Å². The maximum absolute atomic E-state index is 12.5. The lowest BCUT2D eigenvalue weighted by Crippen LogP contribution is -2.02. The van der Waals surface area contributed by atoms with Crippen LogP contribution in [0.4, 0.5) is 0 Å². The van der Waals surface area contributed by atoms with Gasteiger partial charge in [0.05, 0.1) is 17.0 Å². The number of rotatable bonds is 3. The molecule has 2 rings (SSSR count). The highest BCUT2D eigenvalue weighted by atomic mass is 79.9. The number of benzene rings is 1. The van der Waals surface area contributed by atoms with Crippen molar-refractivity contribution in [2.75, 3.05) is 7.11 Å².